The standard InChI is InChI=1S/C32H52NO3P/c1-29(2,3)21-14-15-23-24-19-22(30(4,5)6)20-26(31(7,8)9)27(24)35-37(34-17-16-33-13)36-28(25(23)18-21)32(10,11)12/h18-20,27,33H,14-17H2,1-13H3/b24-23-,28-25?. The lowest BCUT2D eigenvalue weighted by atomic mass is 9.69. The van der Waals surface area contributed by atoms with Crippen molar-refractivity contribution in [3.63, 3.8) is 0 Å². The number of likely N-dealkylation sites (N-methyl/N-ethyl adjacent to an activating group) is 1. The van der Waals surface area contributed by atoms with Gasteiger partial charge in [0, 0.05) is 17.5 Å². The zero-order chi connectivity index (χ0) is 28.0. The van der Waals surface area contributed by atoms with Crippen LogP contribution in [0.15, 0.2) is 57.4 Å². The third kappa shape index (κ3) is 7.07. The Labute approximate surface area is 228 Å². The van der Waals surface area contributed by atoms with E-state index >= 15 is 0 Å². The molecule has 3 aliphatic rings. The summed E-state index contributed by atoms with van der Waals surface area (Å²) >= 11 is 0. The van der Waals surface area contributed by atoms with Crippen LogP contribution in [0.2, 0.25) is 0 Å². The summed E-state index contributed by atoms with van der Waals surface area (Å²) in [5.41, 5.74) is 7.86. The van der Waals surface area contributed by atoms with E-state index in [1.165, 1.54) is 33.4 Å². The Kier molecular flexibility index (Phi) is 8.83. The predicted molar refractivity (Wildman–Crippen MR) is 158 cm³/mol. The van der Waals surface area contributed by atoms with E-state index in [0.717, 1.165) is 25.1 Å². The smallest absolute Gasteiger partial charge is 0.397 e. The summed E-state index contributed by atoms with van der Waals surface area (Å²) in [7, 11) is 0.342. The molecule has 0 saturated carbocycles. The predicted octanol–water partition coefficient (Wildman–Crippen LogP) is 9.19. The van der Waals surface area contributed by atoms with E-state index in [4.69, 9.17) is 13.6 Å². The Bertz CT molecular complexity index is 1030. The van der Waals surface area contributed by atoms with Gasteiger partial charge in [0.15, 0.2) is 0 Å². The van der Waals surface area contributed by atoms with Crippen LogP contribution < -0.4 is 5.32 Å². The van der Waals surface area contributed by atoms with Crippen molar-refractivity contribution < 1.29 is 13.6 Å². The minimum atomic E-state index is -1.60. The van der Waals surface area contributed by atoms with Crippen molar-refractivity contribution in [2.45, 2.75) is 102 Å². The highest BCUT2D eigenvalue weighted by atomic mass is 31.2. The van der Waals surface area contributed by atoms with E-state index in [0.29, 0.717) is 6.61 Å². The average Bonchev–Trinajstić information content (AvgIpc) is 2.72. The molecule has 0 bridgehead atoms. The number of fused-ring (bicyclic) bond motifs is 2. The maximum Gasteiger partial charge on any atom is 0.397 e. The van der Waals surface area contributed by atoms with Gasteiger partial charge in [0.1, 0.15) is 11.9 Å². The molecule has 4 nitrogen and oxygen atoms in total. The topological polar surface area (TPSA) is 39.7 Å². The summed E-state index contributed by atoms with van der Waals surface area (Å²) in [6.45, 7) is 28.7. The molecule has 208 valence electrons. The second-order valence-corrected chi connectivity index (χ2v) is 15.9. The summed E-state index contributed by atoms with van der Waals surface area (Å²) in [5.74, 6) is 0.975. The molecule has 0 aromatic rings. The summed E-state index contributed by atoms with van der Waals surface area (Å²) < 4.78 is 20.0. The van der Waals surface area contributed by atoms with Crippen molar-refractivity contribution in [3.8, 4) is 0 Å². The Morgan fingerprint density at radius 3 is 2.00 bits per heavy atom. The second kappa shape index (κ2) is 10.8. The van der Waals surface area contributed by atoms with Crippen molar-refractivity contribution in [3.05, 3.63) is 57.4 Å². The fourth-order valence-electron chi connectivity index (χ4n) is 4.97. The van der Waals surface area contributed by atoms with E-state index < -0.39 is 8.60 Å². The Balaban J connectivity index is 2.37. The van der Waals surface area contributed by atoms with Gasteiger partial charge in [0.2, 0.25) is 0 Å². The second-order valence-electron chi connectivity index (χ2n) is 14.8. The molecule has 3 rings (SSSR count). The molecule has 0 saturated heterocycles. The normalized spacial score (nSPS) is 25.8. The van der Waals surface area contributed by atoms with Crippen LogP contribution >= 0.6 is 8.60 Å². The van der Waals surface area contributed by atoms with Crippen LogP contribution in [0, 0.1) is 21.7 Å². The number of allylic oxidation sites excluding steroid dienone is 7. The Morgan fingerprint density at radius 2 is 1.49 bits per heavy atom. The van der Waals surface area contributed by atoms with Crippen molar-refractivity contribution >= 4 is 8.60 Å². The lowest BCUT2D eigenvalue weighted by molar-refractivity contribution is 0.140. The van der Waals surface area contributed by atoms with Crippen LogP contribution in [0.25, 0.3) is 0 Å². The van der Waals surface area contributed by atoms with Crippen molar-refractivity contribution in [2.75, 3.05) is 20.2 Å². The summed E-state index contributed by atoms with van der Waals surface area (Å²) in [6.07, 6.45) is 9.07. The summed E-state index contributed by atoms with van der Waals surface area (Å²) in [6, 6.07) is 0. The number of hydrogen-bond acceptors (Lipinski definition) is 4. The van der Waals surface area contributed by atoms with Gasteiger partial charge in [0.25, 0.3) is 0 Å². The molecule has 1 N–H and O–H groups in total. The van der Waals surface area contributed by atoms with Crippen LogP contribution in [-0.4, -0.2) is 26.3 Å². The molecule has 2 aliphatic carbocycles. The third-order valence-electron chi connectivity index (χ3n) is 7.35. The van der Waals surface area contributed by atoms with E-state index in [2.05, 4.69) is 107 Å². The number of nitrogens with one attached hydrogen (secondary N) is 1. The highest BCUT2D eigenvalue weighted by Gasteiger charge is 2.42. The third-order valence-corrected chi connectivity index (χ3v) is 8.46. The van der Waals surface area contributed by atoms with Crippen LogP contribution in [0.5, 0.6) is 0 Å². The molecule has 5 heteroatoms. The van der Waals surface area contributed by atoms with Gasteiger partial charge in [-0.3, -0.25) is 4.52 Å². The van der Waals surface area contributed by atoms with E-state index in [1.54, 1.807) is 0 Å². The molecule has 1 aliphatic heterocycles. The number of hydrogen-bond donors (Lipinski definition) is 1. The Hall–Kier alpha value is -1.19. The zero-order valence-electron chi connectivity index (χ0n) is 25.8. The Morgan fingerprint density at radius 1 is 0.838 bits per heavy atom. The van der Waals surface area contributed by atoms with E-state index in [1.807, 2.05) is 7.05 Å². The number of rotatable bonds is 4. The van der Waals surface area contributed by atoms with Crippen molar-refractivity contribution in [1.82, 2.24) is 5.32 Å². The molecular weight excluding hydrogens is 477 g/mol. The lowest BCUT2D eigenvalue weighted by Crippen LogP contribution is -2.32. The van der Waals surface area contributed by atoms with E-state index in [9.17, 15) is 0 Å². The van der Waals surface area contributed by atoms with Gasteiger partial charge in [-0.15, -0.1) is 0 Å². The van der Waals surface area contributed by atoms with Crippen LogP contribution in [0.3, 0.4) is 0 Å². The van der Waals surface area contributed by atoms with Gasteiger partial charge < -0.3 is 14.4 Å². The fourth-order valence-corrected chi connectivity index (χ4v) is 6.29. The van der Waals surface area contributed by atoms with Crippen molar-refractivity contribution in [1.29, 1.82) is 0 Å². The molecule has 0 radical (unpaired) electrons. The minimum absolute atomic E-state index is 0.0275. The average molecular weight is 530 g/mol. The first-order chi connectivity index (χ1) is 16.8. The summed E-state index contributed by atoms with van der Waals surface area (Å²) in [5, 5.41) is 3.18. The molecule has 0 fully saturated rings. The van der Waals surface area contributed by atoms with Gasteiger partial charge in [-0.25, -0.2) is 0 Å². The largest absolute Gasteiger partial charge is 0.430 e. The highest BCUT2D eigenvalue weighted by Crippen LogP contribution is 2.56. The monoisotopic (exact) mass is 529 g/mol. The SMILES string of the molecule is CNCCOP1OC(C(C)(C)C)=C2C=C(C(C)(C)C)CC/C2=C2\C=C(C(C)(C)C)C=C(C(C)(C)C)C2O1. The maximum absolute atomic E-state index is 6.88. The van der Waals surface area contributed by atoms with Gasteiger partial charge in [-0.2, -0.15) is 0 Å². The van der Waals surface area contributed by atoms with Crippen LogP contribution in [0.1, 0.15) is 95.9 Å². The first kappa shape index (κ1) is 30.4. The molecule has 0 spiro atoms. The zero-order valence-corrected chi connectivity index (χ0v) is 26.7. The first-order valence-corrected chi connectivity index (χ1v) is 15.0. The molecule has 0 aromatic heterocycles. The first-order valence-electron chi connectivity index (χ1n) is 13.9. The van der Waals surface area contributed by atoms with E-state index in [-0.39, 0.29) is 27.8 Å². The molecule has 0 aromatic carbocycles. The quantitative estimate of drug-likeness (QED) is 0.291. The van der Waals surface area contributed by atoms with Gasteiger partial charge in [-0.1, -0.05) is 107 Å². The molecule has 2 atom stereocenters. The van der Waals surface area contributed by atoms with Gasteiger partial charge in [0.05, 0.1) is 6.61 Å². The maximum atomic E-state index is 6.88. The highest BCUT2D eigenvalue weighted by molar-refractivity contribution is 7.41. The minimum Gasteiger partial charge on any atom is -0.430 e. The van der Waals surface area contributed by atoms with Gasteiger partial charge in [-0.05, 0) is 58.4 Å². The molecular formula is C32H52NO3P. The van der Waals surface area contributed by atoms with Gasteiger partial charge >= 0.3 is 8.60 Å². The molecule has 1 heterocycles. The molecule has 2 unspecified atom stereocenters. The summed E-state index contributed by atoms with van der Waals surface area (Å²) in [4.78, 5) is 0. The van der Waals surface area contributed by atoms with Crippen LogP contribution in [-0.2, 0) is 13.6 Å². The van der Waals surface area contributed by atoms with Crippen molar-refractivity contribution in [2.24, 2.45) is 21.7 Å². The molecule has 0 amide bonds. The van der Waals surface area contributed by atoms with Crippen LogP contribution in [0.4, 0.5) is 0 Å². The fraction of sp³-hybridized carbons (Fsp3) is 0.688. The lowest BCUT2D eigenvalue weighted by Gasteiger charge is -2.42. The molecule has 37 heavy (non-hydrogen) atoms.